The maximum absolute atomic E-state index is 12.7. The van der Waals surface area contributed by atoms with Gasteiger partial charge < -0.3 is 4.90 Å². The predicted octanol–water partition coefficient (Wildman–Crippen LogP) is 0.849. The molecule has 10 heteroatoms. The number of amides is 1. The monoisotopic (exact) mass is 394 g/mol. The first kappa shape index (κ1) is 19.2. The van der Waals surface area contributed by atoms with E-state index >= 15 is 0 Å². The lowest BCUT2D eigenvalue weighted by molar-refractivity contribution is 0.0747. The number of halogens is 1. The molecule has 1 aromatic rings. The third-order valence-electron chi connectivity index (χ3n) is 4.02. The fraction of sp³-hybridized carbons (Fsp3) is 0.500. The van der Waals surface area contributed by atoms with E-state index in [9.17, 15) is 21.6 Å². The summed E-state index contributed by atoms with van der Waals surface area (Å²) in [5, 5.41) is 0.116. The molecule has 1 atom stereocenters. The van der Waals surface area contributed by atoms with Crippen LogP contribution in [0.1, 0.15) is 16.8 Å². The van der Waals surface area contributed by atoms with Gasteiger partial charge in [-0.15, -0.1) is 0 Å². The first-order valence-electron chi connectivity index (χ1n) is 7.15. The van der Waals surface area contributed by atoms with Crippen LogP contribution in [0.4, 0.5) is 0 Å². The predicted molar refractivity (Wildman–Crippen MR) is 91.5 cm³/mol. The number of carbonyl (C=O) groups excluding carboxylic acids is 1. The number of carbonyl (C=O) groups is 1. The highest BCUT2D eigenvalue weighted by Crippen LogP contribution is 2.25. The van der Waals surface area contributed by atoms with E-state index in [2.05, 4.69) is 0 Å². The first-order chi connectivity index (χ1) is 11.0. The van der Waals surface area contributed by atoms with Crippen LogP contribution in [0.15, 0.2) is 23.1 Å². The van der Waals surface area contributed by atoms with Gasteiger partial charge in [-0.05, 0) is 24.6 Å². The van der Waals surface area contributed by atoms with Crippen LogP contribution in [0.2, 0.25) is 5.02 Å². The molecule has 0 spiro atoms. The Labute approximate surface area is 147 Å². The standard InChI is InChI=1S/C14H19ClN2O5S2/c1-16(2)24(21,22)11-4-5-13(15)12(8-11)14(18)17(3)10-6-7-23(19,20)9-10/h4-5,8,10H,6-7,9H2,1-3H3/t10-/m0/s1. The Morgan fingerprint density at radius 3 is 2.38 bits per heavy atom. The normalized spacial score (nSPS) is 20.3. The number of sulfonamides is 1. The number of sulfone groups is 1. The highest BCUT2D eigenvalue weighted by molar-refractivity contribution is 7.91. The summed E-state index contributed by atoms with van der Waals surface area (Å²) in [6, 6.07) is 3.46. The number of hydrogen-bond acceptors (Lipinski definition) is 5. The van der Waals surface area contributed by atoms with E-state index in [4.69, 9.17) is 11.6 Å². The second-order valence-electron chi connectivity index (χ2n) is 5.90. The van der Waals surface area contributed by atoms with Gasteiger partial charge in [0.15, 0.2) is 9.84 Å². The van der Waals surface area contributed by atoms with Crippen LogP contribution in [0, 0.1) is 0 Å². The summed E-state index contributed by atoms with van der Waals surface area (Å²) in [7, 11) is -2.57. The minimum absolute atomic E-state index is 0.0337. The van der Waals surface area contributed by atoms with Crippen molar-refractivity contribution in [2.45, 2.75) is 17.4 Å². The van der Waals surface area contributed by atoms with Crippen LogP contribution >= 0.6 is 11.6 Å². The molecule has 1 aromatic carbocycles. The molecule has 0 bridgehead atoms. The summed E-state index contributed by atoms with van der Waals surface area (Å²) in [6.07, 6.45) is 0.359. The summed E-state index contributed by atoms with van der Waals surface area (Å²) in [4.78, 5) is 13.9. The third kappa shape index (κ3) is 3.74. The molecule has 0 radical (unpaired) electrons. The van der Waals surface area contributed by atoms with Crippen LogP contribution in [0.5, 0.6) is 0 Å². The second kappa shape index (κ2) is 6.62. The molecule has 1 amide bonds. The van der Waals surface area contributed by atoms with Crippen LogP contribution in [-0.4, -0.2) is 70.6 Å². The lowest BCUT2D eigenvalue weighted by Crippen LogP contribution is -2.38. The van der Waals surface area contributed by atoms with Crippen molar-refractivity contribution in [1.82, 2.24) is 9.21 Å². The summed E-state index contributed by atoms with van der Waals surface area (Å²) in [5.41, 5.74) is 0.0337. The molecule has 1 aliphatic heterocycles. The molecular formula is C14H19ClN2O5S2. The quantitative estimate of drug-likeness (QED) is 0.754. The van der Waals surface area contributed by atoms with E-state index < -0.39 is 31.8 Å². The molecule has 0 aliphatic carbocycles. The molecule has 0 unspecified atom stereocenters. The van der Waals surface area contributed by atoms with Crippen molar-refractivity contribution in [3.05, 3.63) is 28.8 Å². The Bertz CT molecular complexity index is 865. The Morgan fingerprint density at radius 2 is 1.88 bits per heavy atom. The molecule has 0 aromatic heterocycles. The molecule has 2 rings (SSSR count). The van der Waals surface area contributed by atoms with E-state index in [0.29, 0.717) is 6.42 Å². The molecule has 0 saturated carbocycles. The zero-order chi connectivity index (χ0) is 18.3. The summed E-state index contributed by atoms with van der Waals surface area (Å²) in [5.74, 6) is -0.557. The molecular weight excluding hydrogens is 376 g/mol. The van der Waals surface area contributed by atoms with Gasteiger partial charge in [-0.25, -0.2) is 21.1 Å². The number of benzene rings is 1. The van der Waals surface area contributed by atoms with Gasteiger partial charge in [0.2, 0.25) is 10.0 Å². The molecule has 1 fully saturated rings. The minimum atomic E-state index is -3.70. The summed E-state index contributed by atoms with van der Waals surface area (Å²) >= 11 is 6.05. The smallest absolute Gasteiger partial charge is 0.255 e. The van der Waals surface area contributed by atoms with Crippen LogP contribution in [-0.2, 0) is 19.9 Å². The maximum Gasteiger partial charge on any atom is 0.255 e. The van der Waals surface area contributed by atoms with Gasteiger partial charge >= 0.3 is 0 Å². The highest BCUT2D eigenvalue weighted by atomic mass is 35.5. The largest absolute Gasteiger partial charge is 0.338 e. The topological polar surface area (TPSA) is 91.8 Å². The lowest BCUT2D eigenvalue weighted by Gasteiger charge is -2.24. The van der Waals surface area contributed by atoms with Crippen LogP contribution < -0.4 is 0 Å². The number of rotatable bonds is 4. The van der Waals surface area contributed by atoms with Gasteiger partial charge in [-0.2, -0.15) is 0 Å². The summed E-state index contributed by atoms with van der Waals surface area (Å²) in [6.45, 7) is 0. The Morgan fingerprint density at radius 1 is 1.25 bits per heavy atom. The Balaban J connectivity index is 2.36. The Hall–Kier alpha value is -1.16. The molecule has 24 heavy (non-hydrogen) atoms. The zero-order valence-electron chi connectivity index (χ0n) is 13.6. The van der Waals surface area contributed by atoms with Gasteiger partial charge in [0.25, 0.3) is 5.91 Å². The van der Waals surface area contributed by atoms with Gasteiger partial charge in [0.05, 0.1) is 27.0 Å². The van der Waals surface area contributed by atoms with Crippen molar-refractivity contribution in [1.29, 1.82) is 0 Å². The second-order valence-corrected chi connectivity index (χ2v) is 10.7. The van der Waals surface area contributed by atoms with Crippen molar-refractivity contribution >= 4 is 37.4 Å². The molecule has 1 saturated heterocycles. The fourth-order valence-electron chi connectivity index (χ4n) is 2.48. The van der Waals surface area contributed by atoms with E-state index in [1.54, 1.807) is 0 Å². The highest BCUT2D eigenvalue weighted by Gasteiger charge is 2.34. The van der Waals surface area contributed by atoms with Crippen molar-refractivity contribution in [2.24, 2.45) is 0 Å². The van der Waals surface area contributed by atoms with Crippen LogP contribution in [0.3, 0.4) is 0 Å². The van der Waals surface area contributed by atoms with E-state index in [1.807, 2.05) is 0 Å². The molecule has 0 N–H and O–H groups in total. The maximum atomic E-state index is 12.7. The van der Waals surface area contributed by atoms with Crippen LogP contribution in [0.25, 0.3) is 0 Å². The van der Waals surface area contributed by atoms with Gasteiger partial charge in [0.1, 0.15) is 0 Å². The van der Waals surface area contributed by atoms with Gasteiger partial charge in [-0.1, -0.05) is 11.6 Å². The number of hydrogen-bond donors (Lipinski definition) is 0. The number of nitrogens with zero attached hydrogens (tertiary/aromatic N) is 2. The van der Waals surface area contributed by atoms with E-state index in [-0.39, 0.29) is 27.0 Å². The Kier molecular flexibility index (Phi) is 5.29. The third-order valence-corrected chi connectivity index (χ3v) is 7.91. The zero-order valence-corrected chi connectivity index (χ0v) is 15.9. The van der Waals surface area contributed by atoms with Crippen molar-refractivity contribution < 1.29 is 21.6 Å². The van der Waals surface area contributed by atoms with Gasteiger partial charge in [0, 0.05) is 27.2 Å². The van der Waals surface area contributed by atoms with Crippen molar-refractivity contribution in [3.8, 4) is 0 Å². The molecule has 1 aliphatic rings. The fourth-order valence-corrected chi connectivity index (χ4v) is 5.38. The molecule has 134 valence electrons. The average Bonchev–Trinajstić information content (AvgIpc) is 2.86. The SMILES string of the molecule is CN(C(=O)c1cc(S(=O)(=O)N(C)C)ccc1Cl)[C@H]1CCS(=O)(=O)C1. The molecule has 7 nitrogen and oxygen atoms in total. The molecule has 1 heterocycles. The van der Waals surface area contributed by atoms with Gasteiger partial charge in [-0.3, -0.25) is 4.79 Å². The first-order valence-corrected chi connectivity index (χ1v) is 10.8. The minimum Gasteiger partial charge on any atom is -0.338 e. The average molecular weight is 395 g/mol. The lowest BCUT2D eigenvalue weighted by atomic mass is 10.1. The van der Waals surface area contributed by atoms with E-state index in [1.165, 1.54) is 44.2 Å². The van der Waals surface area contributed by atoms with E-state index in [0.717, 1.165) is 4.31 Å². The summed E-state index contributed by atoms with van der Waals surface area (Å²) < 4.78 is 48.6. The van der Waals surface area contributed by atoms with Crippen molar-refractivity contribution in [2.75, 3.05) is 32.6 Å². The van der Waals surface area contributed by atoms with Crippen molar-refractivity contribution in [3.63, 3.8) is 0 Å².